The van der Waals surface area contributed by atoms with Gasteiger partial charge in [-0.3, -0.25) is 0 Å². The van der Waals surface area contributed by atoms with Crippen LogP contribution < -0.4 is 4.74 Å². The van der Waals surface area contributed by atoms with Gasteiger partial charge in [0.25, 0.3) is 0 Å². The van der Waals surface area contributed by atoms with Crippen LogP contribution in [0.2, 0.25) is 0 Å². The van der Waals surface area contributed by atoms with Crippen LogP contribution in [0.25, 0.3) is 0 Å². The van der Waals surface area contributed by atoms with Gasteiger partial charge in [0, 0.05) is 0 Å². The van der Waals surface area contributed by atoms with E-state index in [1.165, 1.54) is 36.0 Å². The Labute approximate surface area is 126 Å². The van der Waals surface area contributed by atoms with Crippen molar-refractivity contribution in [3.8, 4) is 5.75 Å². The van der Waals surface area contributed by atoms with Crippen LogP contribution in [0, 0.1) is 43.4 Å². The van der Waals surface area contributed by atoms with E-state index in [0.717, 1.165) is 35.3 Å². The molecule has 20 heavy (non-hydrogen) atoms. The summed E-state index contributed by atoms with van der Waals surface area (Å²) in [6.07, 6.45) is 4.43. The maximum Gasteiger partial charge on any atom is 0.124 e. The van der Waals surface area contributed by atoms with Crippen LogP contribution in [0.4, 0.5) is 0 Å². The normalized spacial score (nSPS) is 38.7. The predicted octanol–water partition coefficient (Wildman–Crippen LogP) is 4.88. The minimum absolute atomic E-state index is 0.205. The number of aryl methyl sites for hydroxylation is 2. The molecule has 1 aromatic rings. The molecule has 0 spiro atoms. The molecule has 0 N–H and O–H groups in total. The summed E-state index contributed by atoms with van der Waals surface area (Å²) < 4.78 is 5.46. The van der Waals surface area contributed by atoms with E-state index in [1.54, 1.807) is 7.11 Å². The van der Waals surface area contributed by atoms with Crippen LogP contribution in [0.15, 0.2) is 12.1 Å². The fourth-order valence-corrected chi connectivity index (χ4v) is 5.93. The fourth-order valence-electron chi connectivity index (χ4n) is 5.47. The number of fused-ring (bicyclic) bond motifs is 5. The van der Waals surface area contributed by atoms with Crippen LogP contribution >= 0.6 is 11.6 Å². The van der Waals surface area contributed by atoms with Gasteiger partial charge in [-0.2, -0.15) is 0 Å². The monoisotopic (exact) mass is 290 g/mol. The van der Waals surface area contributed by atoms with E-state index >= 15 is 0 Å². The van der Waals surface area contributed by atoms with E-state index in [0.29, 0.717) is 0 Å². The van der Waals surface area contributed by atoms with Crippen molar-refractivity contribution in [1.29, 1.82) is 0 Å². The second-order valence-electron chi connectivity index (χ2n) is 7.15. The highest BCUT2D eigenvalue weighted by molar-refractivity contribution is 6.21. The summed E-state index contributed by atoms with van der Waals surface area (Å²) in [4.78, 5) is 0. The van der Waals surface area contributed by atoms with Crippen molar-refractivity contribution >= 4 is 11.6 Å². The minimum atomic E-state index is 0.205. The molecular weight excluding hydrogens is 268 g/mol. The van der Waals surface area contributed by atoms with Gasteiger partial charge in [0.1, 0.15) is 5.75 Å². The summed E-state index contributed by atoms with van der Waals surface area (Å²) >= 11 is 6.86. The molecule has 0 heterocycles. The first-order valence-corrected chi connectivity index (χ1v) is 8.34. The van der Waals surface area contributed by atoms with E-state index in [4.69, 9.17) is 16.3 Å². The summed E-state index contributed by atoms with van der Waals surface area (Å²) in [6.45, 7) is 4.24. The molecule has 3 aliphatic carbocycles. The summed E-state index contributed by atoms with van der Waals surface area (Å²) in [5.41, 5.74) is 3.73. The van der Waals surface area contributed by atoms with Crippen LogP contribution in [-0.4, -0.2) is 7.11 Å². The van der Waals surface area contributed by atoms with E-state index in [-0.39, 0.29) is 5.38 Å². The Morgan fingerprint density at radius 2 is 1.65 bits per heavy atom. The molecule has 3 fully saturated rings. The molecule has 3 saturated carbocycles. The van der Waals surface area contributed by atoms with Gasteiger partial charge in [-0.1, -0.05) is 12.1 Å². The molecule has 2 bridgehead atoms. The average Bonchev–Trinajstić information content (AvgIpc) is 2.85. The Kier molecular flexibility index (Phi) is 2.86. The van der Waals surface area contributed by atoms with Gasteiger partial charge in [0.2, 0.25) is 0 Å². The lowest BCUT2D eigenvalue weighted by Gasteiger charge is -2.17. The quantitative estimate of drug-likeness (QED) is 0.721. The summed E-state index contributed by atoms with van der Waals surface area (Å²) in [7, 11) is 1.75. The molecule has 108 valence electrons. The topological polar surface area (TPSA) is 9.23 Å². The molecule has 0 aliphatic heterocycles. The molecule has 5 unspecified atom stereocenters. The number of hydrogen-bond donors (Lipinski definition) is 0. The smallest absolute Gasteiger partial charge is 0.124 e. The summed E-state index contributed by atoms with van der Waals surface area (Å²) in [5, 5.41) is 0.205. The number of hydrogen-bond acceptors (Lipinski definition) is 1. The third-order valence-corrected chi connectivity index (χ3v) is 6.68. The van der Waals surface area contributed by atoms with Crippen LogP contribution in [-0.2, 0) is 0 Å². The van der Waals surface area contributed by atoms with Crippen LogP contribution in [0.3, 0.4) is 0 Å². The zero-order chi connectivity index (χ0) is 14.0. The summed E-state index contributed by atoms with van der Waals surface area (Å²) in [6, 6.07) is 4.47. The lowest BCUT2D eigenvalue weighted by molar-refractivity contribution is 0.408. The molecule has 1 nitrogen and oxygen atoms in total. The first-order valence-electron chi connectivity index (χ1n) is 7.91. The molecule has 0 saturated heterocycles. The highest BCUT2D eigenvalue weighted by atomic mass is 35.5. The molecule has 0 aromatic heterocycles. The largest absolute Gasteiger partial charge is 0.496 e. The summed E-state index contributed by atoms with van der Waals surface area (Å²) in [5.74, 6) is 5.63. The zero-order valence-corrected chi connectivity index (χ0v) is 13.3. The molecule has 0 radical (unpaired) electrons. The molecule has 2 heteroatoms. The van der Waals surface area contributed by atoms with Gasteiger partial charge in [-0.25, -0.2) is 0 Å². The second-order valence-corrected chi connectivity index (χ2v) is 7.63. The Bertz CT molecular complexity index is 513. The number of methoxy groups -OCH3 is 1. The van der Waals surface area contributed by atoms with Gasteiger partial charge in [0.15, 0.2) is 0 Å². The van der Waals surface area contributed by atoms with Crippen molar-refractivity contribution in [3.63, 3.8) is 0 Å². The Hall–Kier alpha value is -0.690. The Morgan fingerprint density at radius 3 is 2.15 bits per heavy atom. The number of rotatable bonds is 3. The van der Waals surface area contributed by atoms with E-state index in [2.05, 4.69) is 26.0 Å². The number of halogens is 1. The standard InChI is InChI=1S/C18H23ClO/c1-9-6-13(7-10(2)18(9)20-3)17(19)16-14-11-4-5-12(8-11)15(14)16/h6-7,11-12,14-17H,4-5,8H2,1-3H3. The minimum Gasteiger partial charge on any atom is -0.496 e. The lowest BCUT2D eigenvalue weighted by Crippen LogP contribution is -2.05. The van der Waals surface area contributed by atoms with Gasteiger partial charge in [-0.05, 0) is 79.4 Å². The van der Waals surface area contributed by atoms with Gasteiger partial charge < -0.3 is 4.74 Å². The number of ether oxygens (including phenoxy) is 1. The van der Waals surface area contributed by atoms with Crippen molar-refractivity contribution in [3.05, 3.63) is 28.8 Å². The fraction of sp³-hybridized carbons (Fsp3) is 0.667. The molecular formula is C18H23ClO. The molecule has 3 aliphatic rings. The number of benzene rings is 1. The molecule has 4 rings (SSSR count). The SMILES string of the molecule is COc1c(C)cc(C(Cl)C2C3C4CCC(C4)C32)cc1C. The third kappa shape index (κ3) is 1.68. The first kappa shape index (κ1) is 13.0. The van der Waals surface area contributed by atoms with Crippen LogP contribution in [0.5, 0.6) is 5.75 Å². The van der Waals surface area contributed by atoms with Crippen molar-refractivity contribution in [1.82, 2.24) is 0 Å². The van der Waals surface area contributed by atoms with Crippen molar-refractivity contribution in [2.45, 2.75) is 38.5 Å². The first-order chi connectivity index (χ1) is 9.61. The predicted molar refractivity (Wildman–Crippen MR) is 82.4 cm³/mol. The van der Waals surface area contributed by atoms with Crippen molar-refractivity contribution in [2.24, 2.45) is 29.6 Å². The van der Waals surface area contributed by atoms with Crippen molar-refractivity contribution < 1.29 is 4.74 Å². The zero-order valence-electron chi connectivity index (χ0n) is 12.5. The van der Waals surface area contributed by atoms with E-state index in [9.17, 15) is 0 Å². The lowest BCUT2D eigenvalue weighted by atomic mass is 9.95. The van der Waals surface area contributed by atoms with Gasteiger partial charge in [0.05, 0.1) is 12.5 Å². The second kappa shape index (κ2) is 4.40. The third-order valence-electron chi connectivity index (χ3n) is 6.14. The maximum absolute atomic E-state index is 6.86. The molecule has 5 atom stereocenters. The van der Waals surface area contributed by atoms with Crippen LogP contribution in [0.1, 0.15) is 41.3 Å². The number of alkyl halides is 1. The van der Waals surface area contributed by atoms with Gasteiger partial charge in [-0.15, -0.1) is 11.6 Å². The van der Waals surface area contributed by atoms with Gasteiger partial charge >= 0.3 is 0 Å². The molecule has 1 aromatic carbocycles. The van der Waals surface area contributed by atoms with E-state index < -0.39 is 0 Å². The van der Waals surface area contributed by atoms with E-state index in [1.807, 2.05) is 0 Å². The molecule has 0 amide bonds. The average molecular weight is 291 g/mol. The highest BCUT2D eigenvalue weighted by Crippen LogP contribution is 2.73. The maximum atomic E-state index is 6.86. The highest BCUT2D eigenvalue weighted by Gasteiger charge is 2.66. The van der Waals surface area contributed by atoms with Crippen molar-refractivity contribution in [2.75, 3.05) is 7.11 Å². The Morgan fingerprint density at radius 1 is 1.10 bits per heavy atom. The Balaban J connectivity index is 1.60.